The molecule has 0 spiro atoms. The number of hydrogen-bond donors (Lipinski definition) is 2. The molecule has 4 aromatic rings. The molecular formula is C31H37N7O2S. The van der Waals surface area contributed by atoms with Gasteiger partial charge in [-0.3, -0.25) is 19.6 Å². The Balaban J connectivity index is 0.00000387. The van der Waals surface area contributed by atoms with Crippen LogP contribution >= 0.6 is 13.5 Å². The summed E-state index contributed by atoms with van der Waals surface area (Å²) >= 11 is 0. The molecule has 4 heterocycles. The molecule has 3 aromatic heterocycles. The molecule has 10 heteroatoms. The number of amides is 2. The fourth-order valence-corrected chi connectivity index (χ4v) is 5.35. The molecule has 1 aromatic carbocycles. The quantitative estimate of drug-likeness (QED) is 0.318. The molecule has 41 heavy (non-hydrogen) atoms. The number of pyridine rings is 2. The second kappa shape index (κ2) is 13.5. The van der Waals surface area contributed by atoms with Crippen molar-refractivity contribution in [2.45, 2.75) is 39.0 Å². The number of nitrogens with one attached hydrogen (secondary N) is 2. The summed E-state index contributed by atoms with van der Waals surface area (Å²) in [4.78, 5) is 44.0. The Hall–Kier alpha value is -4.05. The fraction of sp³-hybridized carbons (Fsp3) is 0.355. The number of hydrogen-bond acceptors (Lipinski definition) is 7. The normalized spacial score (nSPS) is 14.3. The van der Waals surface area contributed by atoms with Gasteiger partial charge in [0, 0.05) is 74.6 Å². The zero-order valence-corrected chi connectivity index (χ0v) is 24.7. The highest BCUT2D eigenvalue weighted by Crippen LogP contribution is 2.27. The first kappa shape index (κ1) is 29.9. The second-order valence-electron chi connectivity index (χ2n) is 10.4. The zero-order chi connectivity index (χ0) is 28.1. The van der Waals surface area contributed by atoms with Crippen molar-refractivity contribution in [2.24, 2.45) is 5.92 Å². The van der Waals surface area contributed by atoms with Crippen molar-refractivity contribution in [1.29, 1.82) is 0 Å². The van der Waals surface area contributed by atoms with Crippen LogP contribution in [0.15, 0.2) is 61.2 Å². The Labute approximate surface area is 247 Å². The Morgan fingerprint density at radius 3 is 2.56 bits per heavy atom. The third-order valence-electron chi connectivity index (χ3n) is 7.74. The summed E-state index contributed by atoms with van der Waals surface area (Å²) in [6, 6.07) is 13.8. The Kier molecular flexibility index (Phi) is 9.88. The van der Waals surface area contributed by atoms with Crippen LogP contribution in [0.2, 0.25) is 0 Å². The van der Waals surface area contributed by atoms with Gasteiger partial charge in [0.25, 0.3) is 5.91 Å². The van der Waals surface area contributed by atoms with Gasteiger partial charge in [0.2, 0.25) is 5.91 Å². The minimum absolute atomic E-state index is 0. The molecule has 5 rings (SSSR count). The van der Waals surface area contributed by atoms with E-state index in [0.717, 1.165) is 71.6 Å². The van der Waals surface area contributed by atoms with Gasteiger partial charge in [-0.2, -0.15) is 13.5 Å². The first-order valence-electron chi connectivity index (χ1n) is 13.8. The molecule has 1 fully saturated rings. The minimum Gasteiger partial charge on any atom is -0.369 e. The molecule has 1 aliphatic rings. The molecule has 1 aliphatic heterocycles. The van der Waals surface area contributed by atoms with E-state index in [2.05, 4.69) is 50.7 Å². The van der Waals surface area contributed by atoms with Gasteiger partial charge in [0.15, 0.2) is 0 Å². The maximum Gasteiger partial charge on any atom is 0.251 e. The number of fused-ring (bicyclic) bond motifs is 1. The van der Waals surface area contributed by atoms with Crippen LogP contribution in [0, 0.1) is 5.92 Å². The van der Waals surface area contributed by atoms with E-state index in [1.165, 1.54) is 0 Å². The Morgan fingerprint density at radius 2 is 1.85 bits per heavy atom. The Morgan fingerprint density at radius 1 is 1.05 bits per heavy atom. The first-order chi connectivity index (χ1) is 19.4. The SMILES string of the molecule is CNC(=O)c1ccnc2c([C@H](C)CNc3cc(-c4ccc(CC5CCN(C(C)=O)CC5)nc4)ncn3)cccc12.S. The van der Waals surface area contributed by atoms with Gasteiger partial charge in [-0.25, -0.2) is 9.97 Å². The van der Waals surface area contributed by atoms with E-state index in [4.69, 9.17) is 4.98 Å². The van der Waals surface area contributed by atoms with Crippen LogP contribution in [-0.4, -0.2) is 63.3 Å². The van der Waals surface area contributed by atoms with Crippen molar-refractivity contribution >= 4 is 42.0 Å². The summed E-state index contributed by atoms with van der Waals surface area (Å²) in [5.74, 6) is 1.45. The highest BCUT2D eigenvalue weighted by molar-refractivity contribution is 7.59. The van der Waals surface area contributed by atoms with E-state index in [0.29, 0.717) is 18.0 Å². The standard InChI is InChI=1S/C31H35N7O2.H2S/c1-20(25-5-4-6-26-27(31(40)32-3)9-12-33-30(25)26)17-35-29-16-28(36-19-37-29)23-7-8-24(34-18-23)15-22-10-13-38(14-11-22)21(2)39;/h4-9,12,16,18-20,22H,10-11,13-15,17H2,1-3H3,(H,32,40)(H,35,36,37);1H2/t20-;/m1./s1. The lowest BCUT2D eigenvalue weighted by molar-refractivity contribution is -0.130. The highest BCUT2D eigenvalue weighted by Gasteiger charge is 2.21. The van der Waals surface area contributed by atoms with Gasteiger partial charge in [-0.1, -0.05) is 25.1 Å². The van der Waals surface area contributed by atoms with Crippen molar-refractivity contribution in [2.75, 3.05) is 32.0 Å². The van der Waals surface area contributed by atoms with Gasteiger partial charge < -0.3 is 15.5 Å². The molecule has 0 unspecified atom stereocenters. The number of likely N-dealkylation sites (tertiary alicyclic amines) is 1. The van der Waals surface area contributed by atoms with Crippen LogP contribution in [0.25, 0.3) is 22.2 Å². The molecule has 1 saturated heterocycles. The van der Waals surface area contributed by atoms with Crippen molar-refractivity contribution in [3.05, 3.63) is 78.0 Å². The van der Waals surface area contributed by atoms with Crippen LogP contribution in [0.4, 0.5) is 5.82 Å². The molecule has 214 valence electrons. The molecule has 0 bridgehead atoms. The van der Waals surface area contributed by atoms with Crippen LogP contribution in [0.1, 0.15) is 54.2 Å². The van der Waals surface area contributed by atoms with Crippen LogP contribution < -0.4 is 10.6 Å². The predicted octanol–water partition coefficient (Wildman–Crippen LogP) is 4.58. The number of nitrogens with zero attached hydrogens (tertiary/aromatic N) is 5. The fourth-order valence-electron chi connectivity index (χ4n) is 5.35. The average molecular weight is 572 g/mol. The number of aromatic nitrogens is 4. The largest absolute Gasteiger partial charge is 0.369 e. The van der Waals surface area contributed by atoms with E-state index in [1.807, 2.05) is 29.3 Å². The molecule has 9 nitrogen and oxygen atoms in total. The van der Waals surface area contributed by atoms with E-state index in [9.17, 15) is 9.59 Å². The molecule has 2 amide bonds. The molecule has 0 radical (unpaired) electrons. The number of para-hydroxylation sites is 1. The second-order valence-corrected chi connectivity index (χ2v) is 10.4. The number of carbonyl (C=O) groups excluding carboxylic acids is 2. The smallest absolute Gasteiger partial charge is 0.251 e. The first-order valence-corrected chi connectivity index (χ1v) is 13.8. The van der Waals surface area contributed by atoms with Gasteiger partial charge in [-0.05, 0) is 48.9 Å². The lowest BCUT2D eigenvalue weighted by Gasteiger charge is -2.31. The summed E-state index contributed by atoms with van der Waals surface area (Å²) in [6.07, 6.45) is 8.09. The molecule has 1 atom stereocenters. The molecule has 0 saturated carbocycles. The maximum atomic E-state index is 12.3. The van der Waals surface area contributed by atoms with Crippen LogP contribution in [-0.2, 0) is 11.2 Å². The Bertz CT molecular complexity index is 1500. The van der Waals surface area contributed by atoms with Crippen molar-refractivity contribution < 1.29 is 9.59 Å². The summed E-state index contributed by atoms with van der Waals surface area (Å²) in [5.41, 5.74) is 5.32. The van der Waals surface area contributed by atoms with E-state index in [-0.39, 0.29) is 31.2 Å². The van der Waals surface area contributed by atoms with E-state index < -0.39 is 0 Å². The number of carbonyl (C=O) groups is 2. The van der Waals surface area contributed by atoms with Crippen molar-refractivity contribution in [3.8, 4) is 11.3 Å². The zero-order valence-electron chi connectivity index (χ0n) is 23.7. The lowest BCUT2D eigenvalue weighted by Crippen LogP contribution is -2.37. The molecular weight excluding hydrogens is 534 g/mol. The minimum atomic E-state index is -0.124. The monoisotopic (exact) mass is 571 g/mol. The summed E-state index contributed by atoms with van der Waals surface area (Å²) in [5, 5.41) is 6.98. The number of benzene rings is 1. The summed E-state index contributed by atoms with van der Waals surface area (Å²) in [6.45, 7) is 6.08. The summed E-state index contributed by atoms with van der Waals surface area (Å²) in [7, 11) is 1.63. The lowest BCUT2D eigenvalue weighted by atomic mass is 9.92. The molecule has 2 N–H and O–H groups in total. The average Bonchev–Trinajstić information content (AvgIpc) is 2.99. The topological polar surface area (TPSA) is 113 Å². The van der Waals surface area contributed by atoms with Crippen LogP contribution in [0.5, 0.6) is 0 Å². The number of piperidine rings is 1. The molecule has 0 aliphatic carbocycles. The van der Waals surface area contributed by atoms with Gasteiger partial charge in [0.05, 0.1) is 16.8 Å². The predicted molar refractivity (Wildman–Crippen MR) is 166 cm³/mol. The van der Waals surface area contributed by atoms with Gasteiger partial charge in [0.1, 0.15) is 12.1 Å². The van der Waals surface area contributed by atoms with Gasteiger partial charge in [-0.15, -0.1) is 0 Å². The van der Waals surface area contributed by atoms with Crippen molar-refractivity contribution in [1.82, 2.24) is 30.2 Å². The number of anilines is 1. The van der Waals surface area contributed by atoms with E-state index in [1.54, 1.807) is 32.6 Å². The van der Waals surface area contributed by atoms with Gasteiger partial charge >= 0.3 is 0 Å². The number of rotatable bonds is 8. The van der Waals surface area contributed by atoms with Crippen molar-refractivity contribution in [3.63, 3.8) is 0 Å². The highest BCUT2D eigenvalue weighted by atomic mass is 32.1. The maximum absolute atomic E-state index is 12.3. The van der Waals surface area contributed by atoms with Crippen LogP contribution in [0.3, 0.4) is 0 Å². The third-order valence-corrected chi connectivity index (χ3v) is 7.74. The van der Waals surface area contributed by atoms with E-state index >= 15 is 0 Å². The third kappa shape index (κ3) is 7.00. The summed E-state index contributed by atoms with van der Waals surface area (Å²) < 4.78 is 0.